The molecule has 0 atom stereocenters. The Hall–Kier alpha value is -2.82. The number of furan rings is 1. The molecule has 154 valence electrons. The number of fused-ring (bicyclic) bond motifs is 1. The van der Waals surface area contributed by atoms with E-state index in [4.69, 9.17) is 16.0 Å². The minimum atomic E-state index is 0.705. The summed E-state index contributed by atoms with van der Waals surface area (Å²) in [7, 11) is 0. The third kappa shape index (κ3) is 5.41. The normalized spacial score (nSPS) is 11.3. The first-order valence-corrected chi connectivity index (χ1v) is 10.6. The summed E-state index contributed by atoms with van der Waals surface area (Å²) in [6, 6.07) is 22.5. The molecule has 1 N–H and O–H groups in total. The maximum Gasteiger partial charge on any atom is 0.118 e. The van der Waals surface area contributed by atoms with Crippen LogP contribution >= 0.6 is 11.6 Å². The topological polar surface area (TPSA) is 41.3 Å². The highest BCUT2D eigenvalue weighted by Crippen LogP contribution is 2.24. The molecule has 0 aliphatic carbocycles. The van der Waals surface area contributed by atoms with Crippen molar-refractivity contribution in [3.8, 4) is 0 Å². The molecule has 2 aromatic heterocycles. The molecule has 2 heterocycles. The molecular weight excluding hydrogens is 394 g/mol. The number of aromatic nitrogens is 1. The summed E-state index contributed by atoms with van der Waals surface area (Å²) >= 11 is 6.09. The van der Waals surface area contributed by atoms with Crippen molar-refractivity contribution < 1.29 is 4.42 Å². The van der Waals surface area contributed by atoms with E-state index in [0.717, 1.165) is 60.7 Å². The molecule has 0 amide bonds. The third-order valence-electron chi connectivity index (χ3n) is 5.10. The highest BCUT2D eigenvalue weighted by Gasteiger charge is 2.10. The Labute approximate surface area is 182 Å². The van der Waals surface area contributed by atoms with Gasteiger partial charge in [0.2, 0.25) is 0 Å². The Balaban J connectivity index is 1.37. The van der Waals surface area contributed by atoms with E-state index in [0.29, 0.717) is 5.02 Å². The average molecular weight is 420 g/mol. The van der Waals surface area contributed by atoms with Gasteiger partial charge >= 0.3 is 0 Å². The van der Waals surface area contributed by atoms with Crippen molar-refractivity contribution in [1.29, 1.82) is 0 Å². The maximum atomic E-state index is 6.09. The van der Waals surface area contributed by atoms with Crippen LogP contribution in [0.3, 0.4) is 0 Å². The number of aryl methyl sites for hydroxylation is 1. The number of hydrogen-bond acceptors (Lipinski definition) is 4. The Morgan fingerprint density at radius 3 is 2.67 bits per heavy atom. The predicted octanol–water partition coefficient (Wildman–Crippen LogP) is 6.29. The van der Waals surface area contributed by atoms with Gasteiger partial charge in [-0.2, -0.15) is 0 Å². The lowest BCUT2D eigenvalue weighted by Gasteiger charge is -2.22. The van der Waals surface area contributed by atoms with Crippen LogP contribution in [0.2, 0.25) is 5.02 Å². The summed E-state index contributed by atoms with van der Waals surface area (Å²) in [4.78, 5) is 6.84. The van der Waals surface area contributed by atoms with E-state index in [-0.39, 0.29) is 0 Å². The lowest BCUT2D eigenvalue weighted by atomic mass is 10.2. The van der Waals surface area contributed by atoms with Crippen molar-refractivity contribution >= 4 is 28.2 Å². The molecule has 30 heavy (non-hydrogen) atoms. The van der Waals surface area contributed by atoms with E-state index in [1.54, 1.807) is 0 Å². The van der Waals surface area contributed by atoms with E-state index < -0.39 is 0 Å². The van der Waals surface area contributed by atoms with Gasteiger partial charge in [-0.05, 0) is 55.3 Å². The van der Waals surface area contributed by atoms with E-state index in [2.05, 4.69) is 51.6 Å². The predicted molar refractivity (Wildman–Crippen MR) is 124 cm³/mol. The van der Waals surface area contributed by atoms with Crippen molar-refractivity contribution in [2.75, 3.05) is 18.4 Å². The van der Waals surface area contributed by atoms with Gasteiger partial charge < -0.3 is 9.73 Å². The lowest BCUT2D eigenvalue weighted by molar-refractivity contribution is 0.233. The fraction of sp³-hybridized carbons (Fsp3) is 0.240. The van der Waals surface area contributed by atoms with Gasteiger partial charge in [0.25, 0.3) is 0 Å². The van der Waals surface area contributed by atoms with E-state index in [1.807, 2.05) is 43.5 Å². The molecule has 0 aliphatic heterocycles. The number of hydrogen-bond donors (Lipinski definition) is 1. The standard InChI is InChI=1S/C25H26ClN3O/c1-19-8-10-22(30-19)18-29(17-20-6-3-2-4-7-20)15-5-13-27-24-12-14-28-25-16-21(26)9-11-23(24)25/h2-4,6-12,14,16H,5,13,15,17-18H2,1H3,(H,27,28). The number of nitrogens with zero attached hydrogens (tertiary/aromatic N) is 2. The lowest BCUT2D eigenvalue weighted by Crippen LogP contribution is -2.25. The number of anilines is 1. The van der Waals surface area contributed by atoms with Gasteiger partial charge in [0.15, 0.2) is 0 Å². The second kappa shape index (κ2) is 9.79. The molecule has 0 radical (unpaired) electrons. The smallest absolute Gasteiger partial charge is 0.118 e. The van der Waals surface area contributed by atoms with Crippen LogP contribution in [0.5, 0.6) is 0 Å². The van der Waals surface area contributed by atoms with E-state index in [9.17, 15) is 0 Å². The van der Waals surface area contributed by atoms with Crippen molar-refractivity contribution in [2.45, 2.75) is 26.4 Å². The minimum absolute atomic E-state index is 0.705. The van der Waals surface area contributed by atoms with E-state index in [1.165, 1.54) is 5.56 Å². The number of benzene rings is 2. The van der Waals surface area contributed by atoms with Gasteiger partial charge in [-0.25, -0.2) is 0 Å². The van der Waals surface area contributed by atoms with Crippen LogP contribution in [0, 0.1) is 6.92 Å². The van der Waals surface area contributed by atoms with Crippen LogP contribution in [0.25, 0.3) is 10.9 Å². The molecular formula is C25H26ClN3O. The zero-order valence-corrected chi connectivity index (χ0v) is 17.9. The van der Waals surface area contributed by atoms with Gasteiger partial charge in [0.1, 0.15) is 11.5 Å². The number of halogens is 1. The molecule has 4 aromatic rings. The van der Waals surface area contributed by atoms with Crippen molar-refractivity contribution in [2.24, 2.45) is 0 Å². The van der Waals surface area contributed by atoms with Crippen LogP contribution in [-0.2, 0) is 13.1 Å². The molecule has 4 nitrogen and oxygen atoms in total. The summed E-state index contributed by atoms with van der Waals surface area (Å²) in [5.74, 6) is 1.96. The summed E-state index contributed by atoms with van der Waals surface area (Å²) < 4.78 is 5.81. The SMILES string of the molecule is Cc1ccc(CN(CCCNc2ccnc3cc(Cl)ccc23)Cc2ccccc2)o1. The summed E-state index contributed by atoms with van der Waals surface area (Å²) in [5, 5.41) is 5.36. The fourth-order valence-corrected chi connectivity index (χ4v) is 3.81. The first kappa shape index (κ1) is 20.5. The number of nitrogens with one attached hydrogen (secondary N) is 1. The Bertz CT molecular complexity index is 1090. The molecule has 0 saturated heterocycles. The number of rotatable bonds is 9. The first-order valence-electron chi connectivity index (χ1n) is 10.3. The summed E-state index contributed by atoms with van der Waals surface area (Å²) in [5.41, 5.74) is 3.31. The van der Waals surface area contributed by atoms with Crippen molar-refractivity contribution in [1.82, 2.24) is 9.88 Å². The second-order valence-electron chi connectivity index (χ2n) is 7.51. The molecule has 0 bridgehead atoms. The number of pyridine rings is 1. The van der Waals surface area contributed by atoms with Crippen LogP contribution in [0.15, 0.2) is 77.3 Å². The highest BCUT2D eigenvalue weighted by atomic mass is 35.5. The second-order valence-corrected chi connectivity index (χ2v) is 7.95. The molecule has 0 spiro atoms. The van der Waals surface area contributed by atoms with Gasteiger partial charge in [-0.3, -0.25) is 9.88 Å². The monoisotopic (exact) mass is 419 g/mol. The molecule has 0 fully saturated rings. The quantitative estimate of drug-likeness (QED) is 0.323. The largest absolute Gasteiger partial charge is 0.465 e. The minimum Gasteiger partial charge on any atom is -0.465 e. The first-order chi connectivity index (χ1) is 14.7. The van der Waals surface area contributed by atoms with Crippen LogP contribution in [0.4, 0.5) is 5.69 Å². The van der Waals surface area contributed by atoms with Crippen LogP contribution in [-0.4, -0.2) is 23.0 Å². The van der Waals surface area contributed by atoms with Gasteiger partial charge in [0.05, 0.1) is 12.1 Å². The molecule has 0 saturated carbocycles. The molecule has 2 aromatic carbocycles. The van der Waals surface area contributed by atoms with Crippen molar-refractivity contribution in [3.63, 3.8) is 0 Å². The molecule has 4 rings (SSSR count). The van der Waals surface area contributed by atoms with Crippen molar-refractivity contribution in [3.05, 3.63) is 95.0 Å². The Morgan fingerprint density at radius 1 is 1.00 bits per heavy atom. The fourth-order valence-electron chi connectivity index (χ4n) is 3.65. The van der Waals surface area contributed by atoms with E-state index >= 15 is 0 Å². The highest BCUT2D eigenvalue weighted by molar-refractivity contribution is 6.31. The van der Waals surface area contributed by atoms with Crippen LogP contribution < -0.4 is 5.32 Å². The average Bonchev–Trinajstić information content (AvgIpc) is 3.16. The van der Waals surface area contributed by atoms with Gasteiger partial charge in [0, 0.05) is 41.9 Å². The third-order valence-corrected chi connectivity index (χ3v) is 5.33. The van der Waals surface area contributed by atoms with Crippen LogP contribution in [0.1, 0.15) is 23.5 Å². The van der Waals surface area contributed by atoms with Gasteiger partial charge in [-0.15, -0.1) is 0 Å². The molecule has 5 heteroatoms. The maximum absolute atomic E-state index is 6.09. The summed E-state index contributed by atoms with van der Waals surface area (Å²) in [6.07, 6.45) is 2.84. The molecule has 0 aliphatic rings. The summed E-state index contributed by atoms with van der Waals surface area (Å²) in [6.45, 7) is 5.54. The Kier molecular flexibility index (Phi) is 6.67. The Morgan fingerprint density at radius 2 is 1.87 bits per heavy atom. The zero-order chi connectivity index (χ0) is 20.8. The zero-order valence-electron chi connectivity index (χ0n) is 17.1. The molecule has 0 unspecified atom stereocenters. The van der Waals surface area contributed by atoms with Gasteiger partial charge in [-0.1, -0.05) is 41.9 Å².